The number of aromatic nitrogens is 2. The van der Waals surface area contributed by atoms with E-state index in [0.717, 1.165) is 18.2 Å². The largest absolute Gasteiger partial charge is 0.270 e. The van der Waals surface area contributed by atoms with Crippen molar-refractivity contribution >= 4 is 15.9 Å². The molecule has 0 saturated carbocycles. The van der Waals surface area contributed by atoms with Gasteiger partial charge in [0.1, 0.15) is 0 Å². The van der Waals surface area contributed by atoms with Gasteiger partial charge in [0.25, 0.3) is 0 Å². The summed E-state index contributed by atoms with van der Waals surface area (Å²) >= 11 is 3.65. The van der Waals surface area contributed by atoms with Crippen molar-refractivity contribution in [2.75, 3.05) is 5.33 Å². The minimum atomic E-state index is 0.477. The van der Waals surface area contributed by atoms with Crippen molar-refractivity contribution < 1.29 is 0 Å². The first kappa shape index (κ1) is 15.3. The number of rotatable bonds is 6. The van der Waals surface area contributed by atoms with Crippen molar-refractivity contribution in [3.63, 3.8) is 0 Å². The van der Waals surface area contributed by atoms with Crippen LogP contribution >= 0.6 is 15.9 Å². The molecule has 1 heterocycles. The Hall–Kier alpha value is -1.09. The highest BCUT2D eigenvalue weighted by Crippen LogP contribution is 2.23. The van der Waals surface area contributed by atoms with Gasteiger partial charge in [0.15, 0.2) is 0 Å². The Morgan fingerprint density at radius 1 is 1.30 bits per heavy atom. The summed E-state index contributed by atoms with van der Waals surface area (Å²) in [5.41, 5.74) is 3.88. The summed E-state index contributed by atoms with van der Waals surface area (Å²) in [6.45, 7) is 6.55. The molecule has 0 saturated heterocycles. The second-order valence-corrected chi connectivity index (χ2v) is 6.16. The van der Waals surface area contributed by atoms with E-state index in [-0.39, 0.29) is 0 Å². The molecule has 0 amide bonds. The van der Waals surface area contributed by atoms with Gasteiger partial charge in [-0.15, -0.1) is 0 Å². The van der Waals surface area contributed by atoms with E-state index in [1.165, 1.54) is 16.8 Å². The lowest BCUT2D eigenvalue weighted by Gasteiger charge is -2.14. The third-order valence-corrected chi connectivity index (χ3v) is 4.64. The number of alkyl halides is 1. The number of hydrogen-bond acceptors (Lipinski definition) is 1. The first-order valence-corrected chi connectivity index (χ1v) is 8.42. The average Bonchev–Trinajstić information content (AvgIpc) is 2.92. The monoisotopic (exact) mass is 334 g/mol. The van der Waals surface area contributed by atoms with Gasteiger partial charge < -0.3 is 0 Å². The Morgan fingerprint density at radius 3 is 2.75 bits per heavy atom. The van der Waals surface area contributed by atoms with E-state index in [9.17, 15) is 0 Å². The Kier molecular flexibility index (Phi) is 5.41. The first-order chi connectivity index (χ1) is 9.63. The maximum Gasteiger partial charge on any atom is 0.0631 e. The van der Waals surface area contributed by atoms with Crippen molar-refractivity contribution in [1.29, 1.82) is 0 Å². The van der Waals surface area contributed by atoms with Gasteiger partial charge in [-0.1, -0.05) is 52.7 Å². The van der Waals surface area contributed by atoms with Gasteiger partial charge in [0, 0.05) is 17.6 Å². The predicted molar refractivity (Wildman–Crippen MR) is 88.6 cm³/mol. The smallest absolute Gasteiger partial charge is 0.0631 e. The standard InChI is InChI=1S/C17H23BrN2/c1-4-14(3)20-9-8-17(19-20)11-16(12-18)15-7-5-6-13(2)10-15/h5-10,14,16H,4,11-12H2,1-3H3. The van der Waals surface area contributed by atoms with Crippen LogP contribution in [0, 0.1) is 6.92 Å². The second kappa shape index (κ2) is 7.07. The predicted octanol–water partition coefficient (Wildman–Crippen LogP) is 4.88. The number of benzene rings is 1. The number of hydrogen-bond donors (Lipinski definition) is 0. The van der Waals surface area contributed by atoms with E-state index < -0.39 is 0 Å². The molecular formula is C17H23BrN2. The molecular weight excluding hydrogens is 312 g/mol. The molecule has 0 fully saturated rings. The zero-order chi connectivity index (χ0) is 14.5. The molecule has 1 aromatic heterocycles. The van der Waals surface area contributed by atoms with Crippen LogP contribution in [0.1, 0.15) is 49.0 Å². The molecule has 2 unspecified atom stereocenters. The van der Waals surface area contributed by atoms with Crippen LogP contribution in [0.2, 0.25) is 0 Å². The molecule has 20 heavy (non-hydrogen) atoms. The highest BCUT2D eigenvalue weighted by atomic mass is 79.9. The Bertz CT molecular complexity index is 547. The fourth-order valence-electron chi connectivity index (χ4n) is 2.36. The molecule has 2 aromatic rings. The Morgan fingerprint density at radius 2 is 2.10 bits per heavy atom. The van der Waals surface area contributed by atoms with Crippen LogP contribution in [0.25, 0.3) is 0 Å². The molecule has 0 N–H and O–H groups in total. The maximum absolute atomic E-state index is 4.71. The highest BCUT2D eigenvalue weighted by molar-refractivity contribution is 9.09. The number of nitrogens with zero attached hydrogens (tertiary/aromatic N) is 2. The van der Waals surface area contributed by atoms with E-state index >= 15 is 0 Å². The van der Waals surface area contributed by atoms with Crippen LogP contribution < -0.4 is 0 Å². The van der Waals surface area contributed by atoms with Gasteiger partial charge in [-0.05, 0) is 44.2 Å². The van der Waals surface area contributed by atoms with E-state index in [2.05, 4.69) is 77.9 Å². The van der Waals surface area contributed by atoms with Crippen LogP contribution in [-0.4, -0.2) is 15.1 Å². The van der Waals surface area contributed by atoms with Crippen LogP contribution in [0.5, 0.6) is 0 Å². The summed E-state index contributed by atoms with van der Waals surface area (Å²) in [5, 5.41) is 5.68. The lowest BCUT2D eigenvalue weighted by molar-refractivity contribution is 0.472. The Labute approximate surface area is 130 Å². The lowest BCUT2D eigenvalue weighted by Crippen LogP contribution is -2.08. The maximum atomic E-state index is 4.71. The van der Waals surface area contributed by atoms with E-state index in [4.69, 9.17) is 5.10 Å². The first-order valence-electron chi connectivity index (χ1n) is 7.30. The Balaban J connectivity index is 2.12. The van der Waals surface area contributed by atoms with Crippen molar-refractivity contribution in [3.8, 4) is 0 Å². The molecule has 0 bridgehead atoms. The topological polar surface area (TPSA) is 17.8 Å². The zero-order valence-corrected chi connectivity index (χ0v) is 14.1. The van der Waals surface area contributed by atoms with Crippen LogP contribution in [0.15, 0.2) is 36.5 Å². The number of halogens is 1. The molecule has 2 nitrogen and oxygen atoms in total. The summed E-state index contributed by atoms with van der Waals surface area (Å²) in [6, 6.07) is 11.4. The molecule has 0 spiro atoms. The number of aryl methyl sites for hydroxylation is 1. The average molecular weight is 335 g/mol. The quantitative estimate of drug-likeness (QED) is 0.688. The molecule has 1 aromatic carbocycles. The fourth-order valence-corrected chi connectivity index (χ4v) is 2.96. The van der Waals surface area contributed by atoms with Crippen molar-refractivity contribution in [2.45, 2.75) is 45.6 Å². The van der Waals surface area contributed by atoms with E-state index in [0.29, 0.717) is 12.0 Å². The summed E-state index contributed by atoms with van der Waals surface area (Å²) in [4.78, 5) is 0. The lowest BCUT2D eigenvalue weighted by atomic mass is 9.95. The molecule has 2 rings (SSSR count). The van der Waals surface area contributed by atoms with Crippen molar-refractivity contribution in [3.05, 3.63) is 53.3 Å². The van der Waals surface area contributed by atoms with Crippen LogP contribution in [-0.2, 0) is 6.42 Å². The van der Waals surface area contributed by atoms with Crippen molar-refractivity contribution in [2.24, 2.45) is 0 Å². The molecule has 2 atom stereocenters. The third-order valence-electron chi connectivity index (χ3n) is 3.86. The van der Waals surface area contributed by atoms with Gasteiger partial charge >= 0.3 is 0 Å². The molecule has 108 valence electrons. The van der Waals surface area contributed by atoms with Crippen LogP contribution in [0.3, 0.4) is 0 Å². The summed E-state index contributed by atoms with van der Waals surface area (Å²) in [6.07, 6.45) is 4.20. The van der Waals surface area contributed by atoms with Gasteiger partial charge in [-0.3, -0.25) is 4.68 Å². The van der Waals surface area contributed by atoms with E-state index in [1.807, 2.05) is 0 Å². The summed E-state index contributed by atoms with van der Waals surface area (Å²) in [7, 11) is 0. The second-order valence-electron chi connectivity index (χ2n) is 5.51. The molecule has 3 heteroatoms. The van der Waals surface area contributed by atoms with Gasteiger partial charge in [-0.2, -0.15) is 5.10 Å². The van der Waals surface area contributed by atoms with E-state index in [1.54, 1.807) is 0 Å². The summed E-state index contributed by atoms with van der Waals surface area (Å²) < 4.78 is 2.08. The van der Waals surface area contributed by atoms with Gasteiger partial charge in [0.2, 0.25) is 0 Å². The van der Waals surface area contributed by atoms with Gasteiger partial charge in [0.05, 0.1) is 5.69 Å². The molecule has 0 aliphatic heterocycles. The highest BCUT2D eigenvalue weighted by Gasteiger charge is 2.14. The zero-order valence-electron chi connectivity index (χ0n) is 12.5. The molecule has 0 aliphatic rings. The van der Waals surface area contributed by atoms with Gasteiger partial charge in [-0.25, -0.2) is 0 Å². The fraction of sp³-hybridized carbons (Fsp3) is 0.471. The minimum Gasteiger partial charge on any atom is -0.270 e. The third kappa shape index (κ3) is 3.72. The molecule has 0 aliphatic carbocycles. The SMILES string of the molecule is CCC(C)n1ccc(CC(CBr)c2cccc(C)c2)n1. The van der Waals surface area contributed by atoms with Crippen molar-refractivity contribution in [1.82, 2.24) is 9.78 Å². The normalized spacial score (nSPS) is 14.2. The van der Waals surface area contributed by atoms with Crippen LogP contribution in [0.4, 0.5) is 0 Å². The molecule has 0 radical (unpaired) electrons. The summed E-state index contributed by atoms with van der Waals surface area (Å²) in [5.74, 6) is 0.482. The minimum absolute atomic E-state index is 0.477.